The summed E-state index contributed by atoms with van der Waals surface area (Å²) in [5.41, 5.74) is 2.14. The third-order valence-electron chi connectivity index (χ3n) is 5.24. The van der Waals surface area contributed by atoms with E-state index in [9.17, 15) is 4.79 Å². The number of thiazole rings is 1. The summed E-state index contributed by atoms with van der Waals surface area (Å²) in [5.74, 6) is 1.64. The van der Waals surface area contributed by atoms with Gasteiger partial charge in [0.25, 0.3) is 0 Å². The van der Waals surface area contributed by atoms with Gasteiger partial charge in [-0.1, -0.05) is 23.5 Å². The number of hydrogen-bond acceptors (Lipinski definition) is 7. The van der Waals surface area contributed by atoms with Crippen molar-refractivity contribution < 1.29 is 14.3 Å². The summed E-state index contributed by atoms with van der Waals surface area (Å²) in [6.45, 7) is 4.94. The molecule has 1 fully saturated rings. The lowest BCUT2D eigenvalue weighted by Gasteiger charge is -2.34. The van der Waals surface area contributed by atoms with Gasteiger partial charge in [0.15, 0.2) is 5.13 Å². The number of nitrogens with zero attached hydrogens (tertiary/aromatic N) is 3. The van der Waals surface area contributed by atoms with Crippen LogP contribution in [0.15, 0.2) is 42.5 Å². The van der Waals surface area contributed by atoms with Gasteiger partial charge in [0.05, 0.1) is 31.0 Å². The van der Waals surface area contributed by atoms with Crippen molar-refractivity contribution in [3.05, 3.63) is 48.0 Å². The minimum absolute atomic E-state index is 0.0235. The average molecular weight is 427 g/mol. The predicted octanol–water partition coefficient (Wildman–Crippen LogP) is 3.07. The van der Waals surface area contributed by atoms with Crippen molar-refractivity contribution in [2.75, 3.05) is 52.3 Å². The summed E-state index contributed by atoms with van der Waals surface area (Å²) in [5, 5.41) is 3.56. The number of hydrogen-bond donors (Lipinski definition) is 1. The van der Waals surface area contributed by atoms with Gasteiger partial charge in [0.1, 0.15) is 11.5 Å². The highest BCUT2D eigenvalue weighted by atomic mass is 32.1. The van der Waals surface area contributed by atoms with Crippen LogP contribution in [0.25, 0.3) is 10.2 Å². The number of rotatable bonds is 7. The number of nitrogens with one attached hydrogen (secondary N) is 1. The van der Waals surface area contributed by atoms with E-state index >= 15 is 0 Å². The van der Waals surface area contributed by atoms with Gasteiger partial charge >= 0.3 is 0 Å². The Balaban J connectivity index is 1.25. The second-order valence-corrected chi connectivity index (χ2v) is 8.33. The molecule has 1 aliphatic heterocycles. The monoisotopic (exact) mass is 426 g/mol. The molecule has 3 aromatic rings. The molecule has 0 bridgehead atoms. The fourth-order valence-corrected chi connectivity index (χ4v) is 4.45. The summed E-state index contributed by atoms with van der Waals surface area (Å²) >= 11 is 1.46. The van der Waals surface area contributed by atoms with E-state index in [4.69, 9.17) is 9.47 Å². The molecular formula is C22H26N4O3S. The van der Waals surface area contributed by atoms with Crippen molar-refractivity contribution in [3.63, 3.8) is 0 Å². The number of piperazine rings is 1. The van der Waals surface area contributed by atoms with Crippen molar-refractivity contribution >= 4 is 32.6 Å². The van der Waals surface area contributed by atoms with Crippen molar-refractivity contribution in [2.45, 2.75) is 6.54 Å². The fourth-order valence-electron chi connectivity index (χ4n) is 3.54. The zero-order chi connectivity index (χ0) is 20.9. The number of amides is 1. The molecule has 2 aromatic carbocycles. The van der Waals surface area contributed by atoms with Crippen LogP contribution in [0.5, 0.6) is 11.5 Å². The van der Waals surface area contributed by atoms with Gasteiger partial charge in [0, 0.05) is 32.7 Å². The molecule has 8 heteroatoms. The Morgan fingerprint density at radius 1 is 1.00 bits per heavy atom. The highest BCUT2D eigenvalue weighted by molar-refractivity contribution is 7.22. The fraction of sp³-hybridized carbons (Fsp3) is 0.364. The summed E-state index contributed by atoms with van der Waals surface area (Å²) < 4.78 is 11.5. The van der Waals surface area contributed by atoms with Gasteiger partial charge in [-0.2, -0.15) is 0 Å². The third kappa shape index (κ3) is 5.08. The van der Waals surface area contributed by atoms with E-state index in [-0.39, 0.29) is 5.91 Å². The minimum Gasteiger partial charge on any atom is -0.497 e. The number of aromatic nitrogens is 1. The van der Waals surface area contributed by atoms with E-state index in [0.717, 1.165) is 54.4 Å². The molecule has 0 unspecified atom stereocenters. The first kappa shape index (κ1) is 20.6. The van der Waals surface area contributed by atoms with Gasteiger partial charge in [0.2, 0.25) is 5.91 Å². The maximum atomic E-state index is 12.5. The number of benzene rings is 2. The zero-order valence-corrected chi connectivity index (χ0v) is 18.1. The molecule has 0 aliphatic carbocycles. The Morgan fingerprint density at radius 2 is 1.67 bits per heavy atom. The maximum Gasteiger partial charge on any atom is 0.240 e. The van der Waals surface area contributed by atoms with E-state index in [2.05, 4.69) is 32.2 Å². The van der Waals surface area contributed by atoms with Crippen molar-refractivity contribution in [1.82, 2.24) is 14.8 Å². The third-order valence-corrected chi connectivity index (χ3v) is 6.17. The SMILES string of the molecule is COc1ccc(CN2CCN(CC(=O)Nc3nc4ccc(OC)cc4s3)CC2)cc1. The van der Waals surface area contributed by atoms with Crippen LogP contribution in [0.4, 0.5) is 5.13 Å². The number of carbonyl (C=O) groups is 1. The molecule has 1 saturated heterocycles. The number of ether oxygens (including phenoxy) is 2. The topological polar surface area (TPSA) is 66.9 Å². The molecule has 0 spiro atoms. The number of fused-ring (bicyclic) bond motifs is 1. The molecule has 1 aliphatic rings. The second kappa shape index (κ2) is 9.42. The Morgan fingerprint density at radius 3 is 2.37 bits per heavy atom. The summed E-state index contributed by atoms with van der Waals surface area (Å²) in [7, 11) is 3.32. The van der Waals surface area contributed by atoms with Crippen LogP contribution >= 0.6 is 11.3 Å². The molecule has 1 aromatic heterocycles. The lowest BCUT2D eigenvalue weighted by molar-refractivity contribution is -0.117. The van der Waals surface area contributed by atoms with Crippen LogP contribution < -0.4 is 14.8 Å². The molecule has 1 amide bonds. The van der Waals surface area contributed by atoms with Crippen molar-refractivity contribution in [2.24, 2.45) is 0 Å². The molecule has 4 rings (SSSR count). The normalized spacial score (nSPS) is 15.3. The average Bonchev–Trinajstić information content (AvgIpc) is 3.16. The molecule has 0 saturated carbocycles. The lowest BCUT2D eigenvalue weighted by Crippen LogP contribution is -2.48. The first-order valence-corrected chi connectivity index (χ1v) is 10.8. The number of anilines is 1. The number of carbonyl (C=O) groups excluding carboxylic acids is 1. The molecule has 30 heavy (non-hydrogen) atoms. The van der Waals surface area contributed by atoms with E-state index in [0.29, 0.717) is 11.7 Å². The summed E-state index contributed by atoms with van der Waals surface area (Å²) in [4.78, 5) is 21.6. The van der Waals surface area contributed by atoms with E-state index < -0.39 is 0 Å². The van der Waals surface area contributed by atoms with Crippen molar-refractivity contribution in [3.8, 4) is 11.5 Å². The van der Waals surface area contributed by atoms with Crippen LogP contribution in [0, 0.1) is 0 Å². The van der Waals surface area contributed by atoms with E-state index in [1.807, 2.05) is 30.3 Å². The van der Waals surface area contributed by atoms with Crippen LogP contribution in [0.3, 0.4) is 0 Å². The van der Waals surface area contributed by atoms with Crippen LogP contribution in [0.1, 0.15) is 5.56 Å². The van der Waals surface area contributed by atoms with Gasteiger partial charge < -0.3 is 14.8 Å². The predicted molar refractivity (Wildman–Crippen MR) is 120 cm³/mol. The summed E-state index contributed by atoms with van der Waals surface area (Å²) in [6, 6.07) is 13.9. The molecule has 0 radical (unpaired) electrons. The maximum absolute atomic E-state index is 12.5. The second-order valence-electron chi connectivity index (χ2n) is 7.30. The molecule has 7 nitrogen and oxygen atoms in total. The van der Waals surface area contributed by atoms with Crippen LogP contribution in [0.2, 0.25) is 0 Å². The first-order valence-electron chi connectivity index (χ1n) is 9.95. The van der Waals surface area contributed by atoms with Crippen molar-refractivity contribution in [1.29, 1.82) is 0 Å². The smallest absolute Gasteiger partial charge is 0.240 e. The van der Waals surface area contributed by atoms with Crippen LogP contribution in [-0.4, -0.2) is 67.6 Å². The van der Waals surface area contributed by atoms with E-state index in [1.165, 1.54) is 16.9 Å². The Labute approximate surface area is 180 Å². The highest BCUT2D eigenvalue weighted by Crippen LogP contribution is 2.29. The Bertz CT molecular complexity index is 997. The molecule has 2 heterocycles. The molecule has 0 atom stereocenters. The Hall–Kier alpha value is -2.68. The van der Waals surface area contributed by atoms with Crippen LogP contribution in [-0.2, 0) is 11.3 Å². The number of methoxy groups -OCH3 is 2. The molecule has 1 N–H and O–H groups in total. The largest absolute Gasteiger partial charge is 0.497 e. The minimum atomic E-state index is -0.0235. The quantitative estimate of drug-likeness (QED) is 0.626. The van der Waals surface area contributed by atoms with Gasteiger partial charge in [-0.25, -0.2) is 4.98 Å². The van der Waals surface area contributed by atoms with Gasteiger partial charge in [-0.15, -0.1) is 0 Å². The molecular weight excluding hydrogens is 400 g/mol. The lowest BCUT2D eigenvalue weighted by atomic mass is 10.2. The first-order chi connectivity index (χ1) is 14.6. The Kier molecular flexibility index (Phi) is 6.47. The zero-order valence-electron chi connectivity index (χ0n) is 17.3. The molecule has 158 valence electrons. The summed E-state index contributed by atoms with van der Waals surface area (Å²) in [6.07, 6.45) is 0. The standard InChI is InChI=1S/C22H26N4O3S/c1-28-17-5-3-16(4-6-17)14-25-9-11-26(12-10-25)15-21(27)24-22-23-19-8-7-18(29-2)13-20(19)30-22/h3-8,13H,9-12,14-15H2,1-2H3,(H,23,24,27). The highest BCUT2D eigenvalue weighted by Gasteiger charge is 2.19. The van der Waals surface area contributed by atoms with Gasteiger partial charge in [-0.05, 0) is 35.9 Å². The van der Waals surface area contributed by atoms with Gasteiger partial charge in [-0.3, -0.25) is 14.6 Å². The van der Waals surface area contributed by atoms with E-state index in [1.54, 1.807) is 14.2 Å².